The van der Waals surface area contributed by atoms with E-state index >= 15 is 0 Å². The fourth-order valence-corrected chi connectivity index (χ4v) is 3.76. The summed E-state index contributed by atoms with van der Waals surface area (Å²) in [7, 11) is 0. The first-order valence-corrected chi connectivity index (χ1v) is 9.82. The van der Waals surface area contributed by atoms with Gasteiger partial charge in [0, 0.05) is 18.3 Å². The van der Waals surface area contributed by atoms with Gasteiger partial charge in [-0.2, -0.15) is 5.10 Å². The van der Waals surface area contributed by atoms with Gasteiger partial charge in [-0.25, -0.2) is 4.98 Å². The van der Waals surface area contributed by atoms with Crippen LogP contribution in [0.3, 0.4) is 0 Å². The molecule has 2 aromatic rings. The molecule has 0 aromatic carbocycles. The molecule has 2 aliphatic rings. The average Bonchev–Trinajstić information content (AvgIpc) is 3.45. The summed E-state index contributed by atoms with van der Waals surface area (Å²) in [6.45, 7) is 3.98. The topological polar surface area (TPSA) is 84.2 Å². The summed E-state index contributed by atoms with van der Waals surface area (Å²) in [5.74, 6) is 0.794. The highest BCUT2D eigenvalue weighted by molar-refractivity contribution is 5.75. The molecular weight excluding hydrogens is 342 g/mol. The van der Waals surface area contributed by atoms with E-state index in [1.807, 2.05) is 24.7 Å². The number of aliphatic imine (C=N–C) groups is 1. The third-order valence-electron chi connectivity index (χ3n) is 5.23. The van der Waals surface area contributed by atoms with Gasteiger partial charge in [0.15, 0.2) is 5.82 Å². The first-order chi connectivity index (χ1) is 13.3. The number of nitrogens with one attached hydrogen (secondary N) is 1. The zero-order valence-electron chi connectivity index (χ0n) is 15.6. The lowest BCUT2D eigenvalue weighted by Gasteiger charge is -2.25. The molecule has 0 bridgehead atoms. The molecule has 1 atom stereocenters. The van der Waals surface area contributed by atoms with Crippen molar-refractivity contribution in [3.05, 3.63) is 42.3 Å². The van der Waals surface area contributed by atoms with Crippen molar-refractivity contribution >= 4 is 6.21 Å². The number of aromatic amines is 1. The smallest absolute Gasteiger partial charge is 0.156 e. The Labute approximate surface area is 159 Å². The minimum Gasteiger partial charge on any atom is -0.397 e. The van der Waals surface area contributed by atoms with Gasteiger partial charge in [-0.15, -0.1) is 9.94 Å². The number of likely N-dealkylation sites (tertiary alicyclic amines) is 1. The second kappa shape index (κ2) is 8.47. The number of rotatable bonds is 9. The Morgan fingerprint density at radius 1 is 1.19 bits per heavy atom. The maximum absolute atomic E-state index is 5.76. The number of aromatic nitrogens is 5. The Bertz CT molecular complexity index is 747. The van der Waals surface area contributed by atoms with Gasteiger partial charge in [0.25, 0.3) is 0 Å². The van der Waals surface area contributed by atoms with E-state index in [2.05, 4.69) is 36.2 Å². The minimum absolute atomic E-state index is 0.399. The molecule has 8 nitrogen and oxygen atoms in total. The molecule has 2 aromatic heterocycles. The van der Waals surface area contributed by atoms with E-state index in [1.54, 1.807) is 4.85 Å². The molecule has 0 saturated carbocycles. The van der Waals surface area contributed by atoms with E-state index < -0.39 is 5.54 Å². The lowest BCUT2D eigenvalue weighted by molar-refractivity contribution is 0.0784. The van der Waals surface area contributed by atoms with Crippen LogP contribution in [0.25, 0.3) is 0 Å². The SMILES string of the molecule is C1=CC(CCCCOn2cc(CN3CCCCC3)cn2)(c2ncn[nH]2)N=C1. The zero-order valence-corrected chi connectivity index (χ0v) is 15.6. The summed E-state index contributed by atoms with van der Waals surface area (Å²) >= 11 is 0. The molecule has 1 N–H and O–H groups in total. The van der Waals surface area contributed by atoms with E-state index in [9.17, 15) is 0 Å². The number of H-pyrrole nitrogens is 1. The van der Waals surface area contributed by atoms with Crippen LogP contribution in [-0.4, -0.2) is 55.9 Å². The molecule has 0 aliphatic carbocycles. The van der Waals surface area contributed by atoms with Crippen molar-refractivity contribution in [2.75, 3.05) is 19.7 Å². The third kappa shape index (κ3) is 4.44. The van der Waals surface area contributed by atoms with Gasteiger partial charge in [-0.05, 0) is 57.3 Å². The minimum atomic E-state index is -0.399. The van der Waals surface area contributed by atoms with E-state index in [1.165, 1.54) is 44.2 Å². The van der Waals surface area contributed by atoms with Gasteiger partial charge in [-0.1, -0.05) is 6.42 Å². The van der Waals surface area contributed by atoms with Crippen LogP contribution in [0.4, 0.5) is 0 Å². The van der Waals surface area contributed by atoms with Gasteiger partial charge in [0.05, 0.1) is 12.4 Å². The molecule has 0 radical (unpaired) electrons. The van der Waals surface area contributed by atoms with Crippen LogP contribution in [0.2, 0.25) is 0 Å². The van der Waals surface area contributed by atoms with Crippen molar-refractivity contribution in [1.82, 2.24) is 30.0 Å². The molecule has 4 heterocycles. The second-order valence-corrected chi connectivity index (χ2v) is 7.27. The number of hydrogen-bond donors (Lipinski definition) is 1. The van der Waals surface area contributed by atoms with Crippen molar-refractivity contribution in [3.63, 3.8) is 0 Å². The Morgan fingerprint density at radius 3 is 2.89 bits per heavy atom. The normalized spacial score (nSPS) is 22.5. The molecular formula is C19H27N7O. The second-order valence-electron chi connectivity index (χ2n) is 7.27. The fourth-order valence-electron chi connectivity index (χ4n) is 3.76. The lowest BCUT2D eigenvalue weighted by atomic mass is 9.93. The quantitative estimate of drug-likeness (QED) is 0.685. The van der Waals surface area contributed by atoms with Crippen molar-refractivity contribution in [2.24, 2.45) is 4.99 Å². The van der Waals surface area contributed by atoms with Crippen LogP contribution in [0, 0.1) is 0 Å². The summed E-state index contributed by atoms with van der Waals surface area (Å²) in [5.41, 5.74) is 0.815. The standard InChI is InChI=1S/C19H27N7O/c1-3-10-25(11-4-1)14-17-13-23-26(15-17)27-12-5-2-7-19(8-6-9-21-19)18-20-16-22-24-18/h6,8-9,13,15-16H,1-5,7,10-12,14H2,(H,20,22,24). The number of hydrogen-bond acceptors (Lipinski definition) is 6. The van der Waals surface area contributed by atoms with Crippen LogP contribution in [0.15, 0.2) is 35.9 Å². The van der Waals surface area contributed by atoms with Crippen LogP contribution >= 0.6 is 0 Å². The summed E-state index contributed by atoms with van der Waals surface area (Å²) in [6.07, 6.45) is 18.1. The molecule has 27 heavy (non-hydrogen) atoms. The van der Waals surface area contributed by atoms with Crippen molar-refractivity contribution in [1.29, 1.82) is 0 Å². The highest BCUT2D eigenvalue weighted by Crippen LogP contribution is 2.32. The first-order valence-electron chi connectivity index (χ1n) is 9.82. The molecule has 144 valence electrons. The molecule has 0 spiro atoms. The van der Waals surface area contributed by atoms with Gasteiger partial charge >= 0.3 is 0 Å². The summed E-state index contributed by atoms with van der Waals surface area (Å²) in [4.78, 5) is 18.7. The highest BCUT2D eigenvalue weighted by Gasteiger charge is 2.32. The van der Waals surface area contributed by atoms with Gasteiger partial charge < -0.3 is 4.84 Å². The Balaban J connectivity index is 1.19. The first kappa shape index (κ1) is 17.9. The van der Waals surface area contributed by atoms with Gasteiger partial charge in [0.2, 0.25) is 0 Å². The fraction of sp³-hybridized carbons (Fsp3) is 0.579. The summed E-state index contributed by atoms with van der Waals surface area (Å²) in [6, 6.07) is 0. The predicted molar refractivity (Wildman–Crippen MR) is 102 cm³/mol. The maximum atomic E-state index is 5.76. The third-order valence-corrected chi connectivity index (χ3v) is 5.23. The molecule has 0 amide bonds. The molecule has 2 aliphatic heterocycles. The zero-order chi connectivity index (χ0) is 18.4. The number of nitrogens with zero attached hydrogens (tertiary/aromatic N) is 6. The van der Waals surface area contributed by atoms with Crippen LogP contribution in [0.5, 0.6) is 0 Å². The number of piperidine rings is 1. The monoisotopic (exact) mass is 369 g/mol. The molecule has 1 saturated heterocycles. The predicted octanol–water partition coefficient (Wildman–Crippen LogP) is 2.12. The molecule has 8 heteroatoms. The van der Waals surface area contributed by atoms with Crippen LogP contribution in [-0.2, 0) is 12.1 Å². The van der Waals surface area contributed by atoms with Crippen LogP contribution in [0.1, 0.15) is 49.9 Å². The van der Waals surface area contributed by atoms with Crippen LogP contribution < -0.4 is 4.84 Å². The summed E-state index contributed by atoms with van der Waals surface area (Å²) in [5, 5.41) is 11.2. The Kier molecular flexibility index (Phi) is 5.62. The lowest BCUT2D eigenvalue weighted by Crippen LogP contribution is -2.28. The molecule has 1 fully saturated rings. The number of unbranched alkanes of at least 4 members (excludes halogenated alkanes) is 1. The van der Waals surface area contributed by atoms with Crippen molar-refractivity contribution in [3.8, 4) is 0 Å². The van der Waals surface area contributed by atoms with Crippen molar-refractivity contribution in [2.45, 2.75) is 50.6 Å². The summed E-state index contributed by atoms with van der Waals surface area (Å²) < 4.78 is 0. The molecule has 1 unspecified atom stereocenters. The molecule has 4 rings (SSSR count). The van der Waals surface area contributed by atoms with Gasteiger partial charge in [-0.3, -0.25) is 15.0 Å². The van der Waals surface area contributed by atoms with E-state index in [4.69, 9.17) is 4.84 Å². The van der Waals surface area contributed by atoms with E-state index in [0.29, 0.717) is 6.61 Å². The van der Waals surface area contributed by atoms with Gasteiger partial charge in [0.1, 0.15) is 18.5 Å². The van der Waals surface area contributed by atoms with E-state index in [0.717, 1.165) is 31.6 Å². The largest absolute Gasteiger partial charge is 0.397 e. The highest BCUT2D eigenvalue weighted by atomic mass is 16.7. The number of allylic oxidation sites excluding steroid dienone is 1. The maximum Gasteiger partial charge on any atom is 0.156 e. The van der Waals surface area contributed by atoms with Crippen molar-refractivity contribution < 1.29 is 4.84 Å². The average molecular weight is 369 g/mol. The Morgan fingerprint density at radius 2 is 2.11 bits per heavy atom. The van der Waals surface area contributed by atoms with E-state index in [-0.39, 0.29) is 0 Å². The Hall–Kier alpha value is -2.48.